The maximum Gasteiger partial charge on any atom is 0.187 e. The van der Waals surface area contributed by atoms with Crippen LogP contribution in [0.2, 0.25) is 0 Å². The highest BCUT2D eigenvalue weighted by atomic mass is 32.2. The maximum absolute atomic E-state index is 12.4. The van der Waals surface area contributed by atoms with E-state index in [4.69, 9.17) is 5.73 Å². The second-order valence-corrected chi connectivity index (χ2v) is 9.00. The van der Waals surface area contributed by atoms with Gasteiger partial charge in [0.05, 0.1) is 10.9 Å². The first-order valence-corrected chi connectivity index (χ1v) is 9.05. The lowest BCUT2D eigenvalue weighted by molar-refractivity contribution is 0.0460. The Morgan fingerprint density at radius 2 is 2.14 bits per heavy atom. The molecule has 0 aliphatic heterocycles. The lowest BCUT2D eigenvalue weighted by Crippen LogP contribution is -2.43. The van der Waals surface area contributed by atoms with Crippen LogP contribution >= 0.6 is 11.5 Å². The van der Waals surface area contributed by atoms with Crippen molar-refractivity contribution in [3.8, 4) is 0 Å². The van der Waals surface area contributed by atoms with E-state index in [1.807, 2.05) is 19.0 Å². The summed E-state index contributed by atoms with van der Waals surface area (Å²) >= 11 is 1.02. The molecule has 2 rings (SSSR count). The summed E-state index contributed by atoms with van der Waals surface area (Å²) in [4.78, 5) is 1.96. The van der Waals surface area contributed by atoms with Crippen LogP contribution in [0.1, 0.15) is 19.8 Å². The predicted molar refractivity (Wildman–Crippen MR) is 84.4 cm³/mol. The molecule has 7 nitrogen and oxygen atoms in total. The Hall–Kier alpha value is -0.900. The van der Waals surface area contributed by atoms with Crippen LogP contribution in [-0.2, 0) is 9.84 Å². The Bertz CT molecular complexity index is 606. The Balaban J connectivity index is 2.15. The van der Waals surface area contributed by atoms with Gasteiger partial charge in [-0.25, -0.2) is 8.42 Å². The second kappa shape index (κ2) is 5.71. The molecule has 1 aliphatic carbocycles. The van der Waals surface area contributed by atoms with Crippen molar-refractivity contribution in [3.05, 3.63) is 0 Å². The van der Waals surface area contributed by atoms with Gasteiger partial charge in [-0.2, -0.15) is 4.37 Å². The van der Waals surface area contributed by atoms with Gasteiger partial charge in [0.2, 0.25) is 0 Å². The third-order valence-corrected chi connectivity index (χ3v) is 6.49. The minimum absolute atomic E-state index is 0.0432. The monoisotopic (exact) mass is 334 g/mol. The number of hydrogen-bond donors (Lipinski definition) is 3. The van der Waals surface area contributed by atoms with E-state index in [0.29, 0.717) is 24.4 Å². The Kier molecular flexibility index (Phi) is 4.48. The van der Waals surface area contributed by atoms with E-state index in [9.17, 15) is 13.5 Å². The van der Waals surface area contributed by atoms with Crippen LogP contribution in [0.3, 0.4) is 0 Å². The van der Waals surface area contributed by atoms with Crippen molar-refractivity contribution in [3.63, 3.8) is 0 Å². The molecule has 4 N–H and O–H groups in total. The average Bonchev–Trinajstić information content (AvgIpc) is 3.10. The van der Waals surface area contributed by atoms with Gasteiger partial charge in [0.1, 0.15) is 9.90 Å². The van der Waals surface area contributed by atoms with Gasteiger partial charge in [-0.15, -0.1) is 0 Å². The molecule has 21 heavy (non-hydrogen) atoms. The minimum Gasteiger partial charge on any atom is -0.387 e. The zero-order valence-corrected chi connectivity index (χ0v) is 14.1. The molecule has 1 unspecified atom stereocenters. The van der Waals surface area contributed by atoms with Gasteiger partial charge in [-0.3, -0.25) is 0 Å². The largest absolute Gasteiger partial charge is 0.387 e. The molecular weight excluding hydrogens is 312 g/mol. The van der Waals surface area contributed by atoms with E-state index >= 15 is 0 Å². The van der Waals surface area contributed by atoms with Gasteiger partial charge >= 0.3 is 0 Å². The third kappa shape index (κ3) is 3.85. The third-order valence-electron chi connectivity index (χ3n) is 3.21. The topological polar surface area (TPSA) is 109 Å². The summed E-state index contributed by atoms with van der Waals surface area (Å²) in [6.07, 6.45) is 1.35. The molecule has 1 atom stereocenters. The highest BCUT2D eigenvalue weighted by molar-refractivity contribution is 7.92. The Morgan fingerprint density at radius 1 is 1.52 bits per heavy atom. The summed E-state index contributed by atoms with van der Waals surface area (Å²) in [6, 6.07) is 0. The van der Waals surface area contributed by atoms with Crippen LogP contribution in [-0.4, -0.2) is 60.8 Å². The lowest BCUT2D eigenvalue weighted by Gasteiger charge is -2.27. The number of sulfone groups is 1. The molecule has 1 fully saturated rings. The van der Waals surface area contributed by atoms with Crippen molar-refractivity contribution in [1.82, 2.24) is 9.27 Å². The number of aromatic nitrogens is 1. The summed E-state index contributed by atoms with van der Waals surface area (Å²) in [5.74, 6) is 0.0432. The Labute approximate surface area is 129 Å². The van der Waals surface area contributed by atoms with Gasteiger partial charge in [0, 0.05) is 13.1 Å². The number of hydrogen-bond acceptors (Lipinski definition) is 8. The molecule has 0 spiro atoms. The van der Waals surface area contributed by atoms with Crippen LogP contribution in [0.4, 0.5) is 10.8 Å². The fourth-order valence-corrected chi connectivity index (χ4v) is 5.12. The summed E-state index contributed by atoms with van der Waals surface area (Å²) in [5.41, 5.74) is 4.74. The van der Waals surface area contributed by atoms with Gasteiger partial charge in [0.15, 0.2) is 15.7 Å². The van der Waals surface area contributed by atoms with Crippen molar-refractivity contribution in [2.45, 2.75) is 35.5 Å². The van der Waals surface area contributed by atoms with Crippen LogP contribution < -0.4 is 11.1 Å². The normalized spacial score (nSPS) is 18.7. The summed E-state index contributed by atoms with van der Waals surface area (Å²) in [5, 5.41) is 13.3. The van der Waals surface area contributed by atoms with E-state index in [1.54, 1.807) is 6.92 Å². The molecule has 0 aromatic carbocycles. The molecule has 1 saturated carbocycles. The number of likely N-dealkylation sites (N-methyl/N-ethyl adjacent to an activating group) is 1. The standard InChI is InChI=1S/C12H22N4O3S2/c1-12(17,7-16(2)3)6-14-11-9(10(13)15-20-11)21(18,19)8-4-5-8/h8,14,17H,4-7H2,1-3H3,(H2,13,15). The van der Waals surface area contributed by atoms with Crippen molar-refractivity contribution in [1.29, 1.82) is 0 Å². The number of rotatable bonds is 7. The first-order valence-electron chi connectivity index (χ1n) is 6.73. The lowest BCUT2D eigenvalue weighted by atomic mass is 10.1. The molecule has 0 bridgehead atoms. The molecular formula is C12H22N4O3S2. The van der Waals surface area contributed by atoms with Gasteiger partial charge in [-0.1, -0.05) is 0 Å². The maximum atomic E-state index is 12.4. The number of nitrogens with two attached hydrogens (primary N) is 1. The van der Waals surface area contributed by atoms with E-state index in [0.717, 1.165) is 11.5 Å². The smallest absolute Gasteiger partial charge is 0.187 e. The fourth-order valence-electron chi connectivity index (χ4n) is 2.23. The molecule has 0 saturated heterocycles. The predicted octanol–water partition coefficient (Wildman–Crippen LogP) is 0.386. The van der Waals surface area contributed by atoms with Crippen molar-refractivity contribution in [2.24, 2.45) is 0 Å². The number of aliphatic hydroxyl groups is 1. The zero-order chi connectivity index (χ0) is 15.8. The van der Waals surface area contributed by atoms with Crippen LogP contribution in [0.15, 0.2) is 4.90 Å². The Morgan fingerprint density at radius 3 is 2.67 bits per heavy atom. The van der Waals surface area contributed by atoms with Crippen LogP contribution in [0.5, 0.6) is 0 Å². The molecule has 9 heteroatoms. The van der Waals surface area contributed by atoms with Gasteiger partial charge in [-0.05, 0) is 45.4 Å². The minimum atomic E-state index is -3.41. The van der Waals surface area contributed by atoms with Crippen molar-refractivity contribution >= 4 is 32.2 Å². The number of nitrogen functional groups attached to an aromatic ring is 1. The molecule has 120 valence electrons. The van der Waals surface area contributed by atoms with E-state index < -0.39 is 15.4 Å². The average molecular weight is 334 g/mol. The number of nitrogens with one attached hydrogen (secondary N) is 1. The van der Waals surface area contributed by atoms with Gasteiger partial charge < -0.3 is 21.1 Å². The molecule has 1 heterocycles. The second-order valence-electron chi connectivity index (χ2n) is 6.06. The first-order chi connectivity index (χ1) is 9.63. The highest BCUT2D eigenvalue weighted by Crippen LogP contribution is 2.41. The van der Waals surface area contributed by atoms with Crippen LogP contribution in [0, 0.1) is 0 Å². The van der Waals surface area contributed by atoms with Crippen molar-refractivity contribution in [2.75, 3.05) is 38.2 Å². The zero-order valence-electron chi connectivity index (χ0n) is 12.5. The quantitative estimate of drug-likeness (QED) is 0.661. The SMILES string of the molecule is CN(C)CC(C)(O)CNc1snc(N)c1S(=O)(=O)C1CC1. The molecule has 0 amide bonds. The summed E-state index contributed by atoms with van der Waals surface area (Å²) in [6.45, 7) is 2.37. The highest BCUT2D eigenvalue weighted by Gasteiger charge is 2.41. The molecule has 1 aromatic heterocycles. The van der Waals surface area contributed by atoms with E-state index in [1.165, 1.54) is 0 Å². The van der Waals surface area contributed by atoms with E-state index in [2.05, 4.69) is 9.69 Å². The first kappa shape index (κ1) is 16.5. The molecule has 1 aliphatic rings. The van der Waals surface area contributed by atoms with E-state index in [-0.39, 0.29) is 22.5 Å². The fraction of sp³-hybridized carbons (Fsp3) is 0.750. The summed E-state index contributed by atoms with van der Waals surface area (Å²) in [7, 11) is 0.320. The number of nitrogens with zero attached hydrogens (tertiary/aromatic N) is 2. The van der Waals surface area contributed by atoms with Crippen LogP contribution in [0.25, 0.3) is 0 Å². The summed E-state index contributed by atoms with van der Waals surface area (Å²) < 4.78 is 28.7. The molecule has 1 aromatic rings. The van der Waals surface area contributed by atoms with Crippen molar-refractivity contribution < 1.29 is 13.5 Å². The number of anilines is 2. The van der Waals surface area contributed by atoms with Gasteiger partial charge in [0.25, 0.3) is 0 Å². The molecule has 0 radical (unpaired) electrons.